The highest BCUT2D eigenvalue weighted by molar-refractivity contribution is 5.96. The van der Waals surface area contributed by atoms with Crippen molar-refractivity contribution < 1.29 is 33.3 Å². The fourth-order valence-corrected chi connectivity index (χ4v) is 3.97. The number of aromatic carboxylic acids is 1. The van der Waals surface area contributed by atoms with Crippen molar-refractivity contribution in [3.63, 3.8) is 0 Å². The molecule has 0 spiro atoms. The lowest BCUT2D eigenvalue weighted by Crippen LogP contribution is -2.40. The highest BCUT2D eigenvalue weighted by Gasteiger charge is 2.30. The monoisotopic (exact) mass is 458 g/mol. The number of carboxylic acids is 1. The first-order valence-corrected chi connectivity index (χ1v) is 10.8. The molecule has 0 unspecified atom stereocenters. The Labute approximate surface area is 191 Å². The molecule has 33 heavy (non-hydrogen) atoms. The molecule has 2 aliphatic heterocycles. The minimum atomic E-state index is -1.19. The Morgan fingerprint density at radius 3 is 2.48 bits per heavy atom. The number of nitrogens with zero attached hydrogens (tertiary/aromatic N) is 2. The van der Waals surface area contributed by atoms with Gasteiger partial charge < -0.3 is 24.2 Å². The van der Waals surface area contributed by atoms with Gasteiger partial charge in [-0.1, -0.05) is 24.3 Å². The van der Waals surface area contributed by atoms with Crippen LogP contribution in [0.4, 0.5) is 14.9 Å². The standard InChI is InChI=1S/C24H27FN2O6/c1-24(2,3)33-23(30)27-13-15-5-4-6-17(21(15)32-14-27)16-7-8-18(22(28)29)20(19(16)25)26-9-11-31-12-10-26/h4-8H,9-14H2,1-3H3,(H,28,29). The smallest absolute Gasteiger partial charge is 0.413 e. The van der Waals surface area contributed by atoms with Crippen molar-refractivity contribution in [2.24, 2.45) is 0 Å². The summed E-state index contributed by atoms with van der Waals surface area (Å²) < 4.78 is 32.5. The molecule has 1 saturated heterocycles. The van der Waals surface area contributed by atoms with Gasteiger partial charge in [0.1, 0.15) is 11.4 Å². The molecule has 0 bridgehead atoms. The number of para-hydroxylation sites is 1. The van der Waals surface area contributed by atoms with Crippen LogP contribution in [0.1, 0.15) is 36.7 Å². The second-order valence-electron chi connectivity index (χ2n) is 8.97. The molecule has 0 saturated carbocycles. The van der Waals surface area contributed by atoms with Crippen LogP contribution in [0.25, 0.3) is 11.1 Å². The lowest BCUT2D eigenvalue weighted by molar-refractivity contribution is 0.00247. The maximum Gasteiger partial charge on any atom is 0.413 e. The van der Waals surface area contributed by atoms with Crippen molar-refractivity contribution in [3.05, 3.63) is 47.3 Å². The summed E-state index contributed by atoms with van der Waals surface area (Å²) in [5, 5.41) is 9.64. The Balaban J connectivity index is 1.71. The molecule has 4 rings (SSSR count). The number of fused-ring (bicyclic) bond motifs is 1. The van der Waals surface area contributed by atoms with Gasteiger partial charge in [0.2, 0.25) is 0 Å². The molecule has 0 atom stereocenters. The third-order valence-corrected chi connectivity index (χ3v) is 5.44. The Kier molecular flexibility index (Phi) is 6.16. The first-order valence-electron chi connectivity index (χ1n) is 10.8. The minimum absolute atomic E-state index is 0.0376. The number of carbonyl (C=O) groups is 2. The van der Waals surface area contributed by atoms with E-state index in [9.17, 15) is 14.7 Å². The first-order chi connectivity index (χ1) is 15.7. The highest BCUT2D eigenvalue weighted by Crippen LogP contribution is 2.41. The molecule has 9 heteroatoms. The zero-order chi connectivity index (χ0) is 23.8. The zero-order valence-electron chi connectivity index (χ0n) is 18.9. The van der Waals surface area contributed by atoms with Gasteiger partial charge in [-0.15, -0.1) is 0 Å². The van der Waals surface area contributed by atoms with Gasteiger partial charge in [0.15, 0.2) is 12.5 Å². The number of carboxylic acid groups (broad SMARTS) is 1. The Morgan fingerprint density at radius 1 is 1.09 bits per heavy atom. The SMILES string of the molecule is CC(C)(C)OC(=O)N1COc2c(cccc2-c2ccc(C(=O)O)c(N3CCOCC3)c2F)C1. The molecule has 1 N–H and O–H groups in total. The zero-order valence-corrected chi connectivity index (χ0v) is 18.9. The number of rotatable bonds is 3. The molecule has 1 fully saturated rings. The number of hydrogen-bond acceptors (Lipinski definition) is 6. The van der Waals surface area contributed by atoms with Crippen LogP contribution in [0.15, 0.2) is 30.3 Å². The van der Waals surface area contributed by atoms with Crippen LogP contribution in [-0.2, 0) is 16.0 Å². The molecule has 2 aliphatic rings. The predicted molar refractivity (Wildman–Crippen MR) is 119 cm³/mol. The molecule has 0 radical (unpaired) electrons. The summed E-state index contributed by atoms with van der Waals surface area (Å²) in [4.78, 5) is 27.4. The molecule has 2 aromatic rings. The Hall–Kier alpha value is -3.33. The van der Waals surface area contributed by atoms with E-state index in [1.165, 1.54) is 17.0 Å². The van der Waals surface area contributed by atoms with E-state index in [4.69, 9.17) is 14.2 Å². The van der Waals surface area contributed by atoms with Gasteiger partial charge in [-0.2, -0.15) is 0 Å². The molecule has 2 heterocycles. The topological polar surface area (TPSA) is 88.5 Å². The molecule has 2 aromatic carbocycles. The maximum atomic E-state index is 15.8. The van der Waals surface area contributed by atoms with Crippen molar-refractivity contribution >= 4 is 17.7 Å². The van der Waals surface area contributed by atoms with Gasteiger partial charge in [0, 0.05) is 29.8 Å². The number of benzene rings is 2. The molecular formula is C24H27FN2O6. The van der Waals surface area contributed by atoms with E-state index in [0.29, 0.717) is 43.2 Å². The van der Waals surface area contributed by atoms with Gasteiger partial charge in [-0.25, -0.2) is 14.0 Å². The summed E-state index contributed by atoms with van der Waals surface area (Å²) in [6.07, 6.45) is -0.495. The van der Waals surface area contributed by atoms with E-state index in [0.717, 1.165) is 0 Å². The van der Waals surface area contributed by atoms with E-state index in [1.54, 1.807) is 37.8 Å². The fraction of sp³-hybridized carbons (Fsp3) is 0.417. The lowest BCUT2D eigenvalue weighted by atomic mass is 9.97. The third kappa shape index (κ3) is 4.73. The van der Waals surface area contributed by atoms with Gasteiger partial charge in [0.25, 0.3) is 0 Å². The fourth-order valence-electron chi connectivity index (χ4n) is 3.97. The van der Waals surface area contributed by atoms with Crippen molar-refractivity contribution in [2.75, 3.05) is 37.9 Å². The van der Waals surface area contributed by atoms with Crippen LogP contribution >= 0.6 is 0 Å². The van der Waals surface area contributed by atoms with Crippen LogP contribution in [0.3, 0.4) is 0 Å². The third-order valence-electron chi connectivity index (χ3n) is 5.44. The number of amides is 1. The second-order valence-corrected chi connectivity index (χ2v) is 8.97. The van der Waals surface area contributed by atoms with Gasteiger partial charge in [-0.3, -0.25) is 4.90 Å². The van der Waals surface area contributed by atoms with Crippen LogP contribution in [-0.4, -0.2) is 60.7 Å². The molecule has 1 amide bonds. The number of ether oxygens (including phenoxy) is 3. The Morgan fingerprint density at radius 2 is 1.82 bits per heavy atom. The summed E-state index contributed by atoms with van der Waals surface area (Å²) >= 11 is 0. The normalized spacial score (nSPS) is 16.1. The minimum Gasteiger partial charge on any atom is -0.478 e. The maximum absolute atomic E-state index is 15.8. The van der Waals surface area contributed by atoms with Crippen molar-refractivity contribution in [2.45, 2.75) is 32.9 Å². The van der Waals surface area contributed by atoms with E-state index < -0.39 is 23.5 Å². The van der Waals surface area contributed by atoms with Gasteiger partial charge in [0.05, 0.1) is 31.0 Å². The van der Waals surface area contributed by atoms with E-state index in [-0.39, 0.29) is 30.1 Å². The number of halogens is 1. The first kappa shape index (κ1) is 22.8. The second kappa shape index (κ2) is 8.90. The Bertz CT molecular complexity index is 1080. The number of morpholine rings is 1. The van der Waals surface area contributed by atoms with Crippen molar-refractivity contribution in [1.82, 2.24) is 4.90 Å². The average Bonchev–Trinajstić information content (AvgIpc) is 2.77. The molecule has 8 nitrogen and oxygen atoms in total. The van der Waals surface area contributed by atoms with E-state index in [1.807, 2.05) is 6.07 Å². The number of carbonyl (C=O) groups excluding carboxylic acids is 1. The number of hydrogen-bond donors (Lipinski definition) is 1. The van der Waals surface area contributed by atoms with Gasteiger partial charge in [-0.05, 0) is 26.8 Å². The van der Waals surface area contributed by atoms with Crippen LogP contribution in [0.5, 0.6) is 5.75 Å². The summed E-state index contributed by atoms with van der Waals surface area (Å²) in [5.74, 6) is -1.35. The molecule has 0 aromatic heterocycles. The lowest BCUT2D eigenvalue weighted by Gasteiger charge is -2.33. The molecule has 0 aliphatic carbocycles. The van der Waals surface area contributed by atoms with Gasteiger partial charge >= 0.3 is 12.1 Å². The predicted octanol–water partition coefficient (Wildman–Crippen LogP) is 4.11. The van der Waals surface area contributed by atoms with E-state index >= 15 is 4.39 Å². The average molecular weight is 458 g/mol. The van der Waals surface area contributed by atoms with Crippen LogP contribution in [0.2, 0.25) is 0 Å². The molecule has 176 valence electrons. The quantitative estimate of drug-likeness (QED) is 0.740. The number of anilines is 1. The summed E-state index contributed by atoms with van der Waals surface area (Å²) in [6, 6.07) is 8.17. The van der Waals surface area contributed by atoms with Crippen LogP contribution < -0.4 is 9.64 Å². The van der Waals surface area contributed by atoms with E-state index in [2.05, 4.69) is 0 Å². The summed E-state index contributed by atoms with van der Waals surface area (Å²) in [5.41, 5.74) is 0.764. The molecular weight excluding hydrogens is 431 g/mol. The van der Waals surface area contributed by atoms with Crippen LogP contribution in [0, 0.1) is 5.82 Å². The van der Waals surface area contributed by atoms with Crippen molar-refractivity contribution in [1.29, 1.82) is 0 Å². The van der Waals surface area contributed by atoms with Crippen molar-refractivity contribution in [3.8, 4) is 16.9 Å². The summed E-state index contributed by atoms with van der Waals surface area (Å²) in [6.45, 7) is 7.17. The largest absolute Gasteiger partial charge is 0.478 e. The summed E-state index contributed by atoms with van der Waals surface area (Å²) in [7, 11) is 0. The highest BCUT2D eigenvalue weighted by atomic mass is 19.1.